The first-order valence-corrected chi connectivity index (χ1v) is 6.58. The quantitative estimate of drug-likeness (QED) is 0.932. The van der Waals surface area contributed by atoms with E-state index in [2.05, 4.69) is 15.9 Å². The number of benzene rings is 1. The van der Waals surface area contributed by atoms with Gasteiger partial charge in [0.15, 0.2) is 0 Å². The van der Waals surface area contributed by atoms with Gasteiger partial charge in [-0.15, -0.1) is 0 Å². The second-order valence-corrected chi connectivity index (χ2v) is 5.46. The fourth-order valence-corrected chi connectivity index (χ4v) is 2.75. The fraction of sp³-hybridized carbons (Fsp3) is 0.462. The Balaban J connectivity index is 2.26. The number of ether oxygens (including phenoxy) is 1. The van der Waals surface area contributed by atoms with Gasteiger partial charge in [-0.1, -0.05) is 22.0 Å². The summed E-state index contributed by atoms with van der Waals surface area (Å²) in [5.41, 5.74) is 0.0270. The van der Waals surface area contributed by atoms with Crippen LogP contribution in [0.4, 0.5) is 4.39 Å². The molecular weight excluding hydrogens is 303 g/mol. The highest BCUT2D eigenvalue weighted by Gasteiger charge is 2.40. The van der Waals surface area contributed by atoms with E-state index in [4.69, 9.17) is 4.74 Å². The van der Waals surface area contributed by atoms with Crippen LogP contribution in [0.3, 0.4) is 0 Å². The molecule has 1 N–H and O–H groups in total. The molecule has 0 amide bonds. The van der Waals surface area contributed by atoms with E-state index in [9.17, 15) is 14.3 Å². The number of hydrogen-bond donors (Lipinski definition) is 1. The highest BCUT2D eigenvalue weighted by molar-refractivity contribution is 9.10. The van der Waals surface area contributed by atoms with Crippen molar-refractivity contribution >= 4 is 21.9 Å². The van der Waals surface area contributed by atoms with Crippen molar-refractivity contribution in [1.82, 2.24) is 0 Å². The van der Waals surface area contributed by atoms with Crippen molar-refractivity contribution in [3.63, 3.8) is 0 Å². The van der Waals surface area contributed by atoms with Gasteiger partial charge in [-0.05, 0) is 37.0 Å². The van der Waals surface area contributed by atoms with Gasteiger partial charge in [0.05, 0.1) is 5.41 Å². The summed E-state index contributed by atoms with van der Waals surface area (Å²) >= 11 is 3.28. The maximum atomic E-state index is 13.0. The van der Waals surface area contributed by atoms with E-state index in [1.165, 1.54) is 12.1 Å². The highest BCUT2D eigenvalue weighted by Crippen LogP contribution is 2.36. The first-order valence-electron chi connectivity index (χ1n) is 5.79. The van der Waals surface area contributed by atoms with Crippen molar-refractivity contribution in [2.24, 2.45) is 5.41 Å². The van der Waals surface area contributed by atoms with Crippen LogP contribution in [0.5, 0.6) is 0 Å². The number of halogens is 2. The first-order chi connectivity index (χ1) is 8.53. The number of carboxylic acids is 1. The van der Waals surface area contributed by atoms with Gasteiger partial charge >= 0.3 is 5.97 Å². The maximum absolute atomic E-state index is 13.0. The van der Waals surface area contributed by atoms with Crippen molar-refractivity contribution in [3.8, 4) is 0 Å². The Morgan fingerprint density at radius 1 is 1.44 bits per heavy atom. The van der Waals surface area contributed by atoms with Crippen LogP contribution in [0, 0.1) is 11.2 Å². The molecule has 1 aromatic carbocycles. The van der Waals surface area contributed by atoms with Gasteiger partial charge in [0.2, 0.25) is 0 Å². The summed E-state index contributed by atoms with van der Waals surface area (Å²) in [7, 11) is 0. The Hall–Kier alpha value is -0.940. The smallest absolute Gasteiger partial charge is 0.310 e. The molecule has 1 aromatic rings. The van der Waals surface area contributed by atoms with E-state index in [1.807, 2.05) is 0 Å². The molecule has 0 unspecified atom stereocenters. The lowest BCUT2D eigenvalue weighted by molar-refractivity contribution is -0.154. The first kappa shape index (κ1) is 13.5. The molecule has 1 fully saturated rings. The third-order valence-corrected chi connectivity index (χ3v) is 4.19. The van der Waals surface area contributed by atoms with Gasteiger partial charge in [0.25, 0.3) is 0 Å². The van der Waals surface area contributed by atoms with Gasteiger partial charge in [-0.2, -0.15) is 0 Å². The third kappa shape index (κ3) is 2.72. The molecule has 0 aliphatic carbocycles. The molecule has 1 aliphatic heterocycles. The van der Waals surface area contributed by atoms with E-state index in [1.54, 1.807) is 6.07 Å². The van der Waals surface area contributed by atoms with Crippen molar-refractivity contribution < 1.29 is 19.0 Å². The molecular formula is C13H14BrFO3. The molecule has 1 heterocycles. The zero-order valence-corrected chi connectivity index (χ0v) is 11.4. The normalized spacial score (nSPS) is 18.6. The van der Waals surface area contributed by atoms with Crippen LogP contribution in [-0.2, 0) is 16.0 Å². The molecule has 0 saturated carbocycles. The molecule has 18 heavy (non-hydrogen) atoms. The minimum Gasteiger partial charge on any atom is -0.481 e. The van der Waals surface area contributed by atoms with E-state index >= 15 is 0 Å². The van der Waals surface area contributed by atoms with Crippen LogP contribution >= 0.6 is 15.9 Å². The second-order valence-electron chi connectivity index (χ2n) is 4.61. The second kappa shape index (κ2) is 5.36. The van der Waals surface area contributed by atoms with Crippen LogP contribution in [0.15, 0.2) is 22.7 Å². The Labute approximate surface area is 113 Å². The Kier molecular flexibility index (Phi) is 4.02. The van der Waals surface area contributed by atoms with Gasteiger partial charge in [-0.25, -0.2) is 4.39 Å². The zero-order valence-electron chi connectivity index (χ0n) is 9.79. The number of rotatable bonds is 3. The molecule has 0 bridgehead atoms. The van der Waals surface area contributed by atoms with Crippen molar-refractivity contribution in [2.75, 3.05) is 13.2 Å². The number of hydrogen-bond acceptors (Lipinski definition) is 2. The summed E-state index contributed by atoms with van der Waals surface area (Å²) in [4.78, 5) is 11.5. The fourth-order valence-electron chi connectivity index (χ4n) is 2.26. The van der Waals surface area contributed by atoms with Crippen LogP contribution in [0.1, 0.15) is 18.4 Å². The van der Waals surface area contributed by atoms with E-state index in [0.29, 0.717) is 36.9 Å². The summed E-state index contributed by atoms with van der Waals surface area (Å²) in [5.74, 6) is -1.14. The lowest BCUT2D eigenvalue weighted by atomic mass is 9.75. The summed E-state index contributed by atoms with van der Waals surface area (Å²) in [6, 6.07) is 4.36. The van der Waals surface area contributed by atoms with E-state index < -0.39 is 11.4 Å². The lowest BCUT2D eigenvalue weighted by Gasteiger charge is -2.33. The molecule has 2 rings (SSSR count). The van der Waals surface area contributed by atoms with Gasteiger partial charge in [0.1, 0.15) is 5.82 Å². The topological polar surface area (TPSA) is 46.5 Å². The summed E-state index contributed by atoms with van der Waals surface area (Å²) in [5, 5.41) is 9.45. The molecule has 1 saturated heterocycles. The minimum absolute atomic E-state index is 0.332. The SMILES string of the molecule is O=C(O)C1(Cc2ccc(F)cc2Br)CCOCC1. The standard InChI is InChI=1S/C13H14BrFO3/c14-11-7-10(15)2-1-9(11)8-13(12(16)17)3-5-18-6-4-13/h1-2,7H,3-6,8H2,(H,16,17). The average molecular weight is 317 g/mol. The monoisotopic (exact) mass is 316 g/mol. The van der Waals surface area contributed by atoms with Crippen molar-refractivity contribution in [1.29, 1.82) is 0 Å². The predicted octanol–water partition coefficient (Wildman–Crippen LogP) is 3.01. The van der Waals surface area contributed by atoms with E-state index in [0.717, 1.165) is 5.56 Å². The Morgan fingerprint density at radius 2 is 2.11 bits per heavy atom. The Bertz CT molecular complexity index is 456. The molecule has 3 nitrogen and oxygen atoms in total. The minimum atomic E-state index is -0.804. The van der Waals surface area contributed by atoms with Crippen LogP contribution in [0.2, 0.25) is 0 Å². The largest absolute Gasteiger partial charge is 0.481 e. The van der Waals surface area contributed by atoms with Crippen molar-refractivity contribution in [3.05, 3.63) is 34.1 Å². The van der Waals surface area contributed by atoms with Gasteiger partial charge in [0, 0.05) is 17.7 Å². The average Bonchev–Trinajstić information content (AvgIpc) is 2.34. The zero-order chi connectivity index (χ0) is 13.2. The number of carboxylic acid groups (broad SMARTS) is 1. The molecule has 0 aromatic heterocycles. The summed E-state index contributed by atoms with van der Waals surface area (Å²) < 4.78 is 18.9. The van der Waals surface area contributed by atoms with Gasteiger partial charge < -0.3 is 9.84 Å². The maximum Gasteiger partial charge on any atom is 0.310 e. The third-order valence-electron chi connectivity index (χ3n) is 3.45. The number of aliphatic carboxylic acids is 1. The van der Waals surface area contributed by atoms with Crippen LogP contribution in [0.25, 0.3) is 0 Å². The predicted molar refractivity (Wildman–Crippen MR) is 67.9 cm³/mol. The lowest BCUT2D eigenvalue weighted by Crippen LogP contribution is -2.39. The van der Waals surface area contributed by atoms with Crippen LogP contribution in [-0.4, -0.2) is 24.3 Å². The molecule has 98 valence electrons. The van der Waals surface area contributed by atoms with Crippen molar-refractivity contribution in [2.45, 2.75) is 19.3 Å². The van der Waals surface area contributed by atoms with E-state index in [-0.39, 0.29) is 5.82 Å². The summed E-state index contributed by atoms with van der Waals surface area (Å²) in [6.07, 6.45) is 1.38. The number of carbonyl (C=O) groups is 1. The molecule has 0 radical (unpaired) electrons. The molecule has 0 atom stereocenters. The Morgan fingerprint density at radius 3 is 2.67 bits per heavy atom. The summed E-state index contributed by atoms with van der Waals surface area (Å²) in [6.45, 7) is 0.927. The highest BCUT2D eigenvalue weighted by atomic mass is 79.9. The molecule has 0 spiro atoms. The van der Waals surface area contributed by atoms with Gasteiger partial charge in [-0.3, -0.25) is 4.79 Å². The van der Waals surface area contributed by atoms with Crippen LogP contribution < -0.4 is 0 Å². The molecule has 5 heteroatoms. The molecule has 1 aliphatic rings.